The molecule has 0 amide bonds. The van der Waals surface area contributed by atoms with Crippen molar-refractivity contribution in [3.05, 3.63) is 107 Å². The van der Waals surface area contributed by atoms with Gasteiger partial charge in [0.1, 0.15) is 11.6 Å². The van der Waals surface area contributed by atoms with Crippen LogP contribution < -0.4 is 9.46 Å². The number of hydrogen-bond donors (Lipinski definition) is 1. The van der Waals surface area contributed by atoms with E-state index in [-0.39, 0.29) is 16.6 Å². The van der Waals surface area contributed by atoms with Gasteiger partial charge in [-0.05, 0) is 89.2 Å². The summed E-state index contributed by atoms with van der Waals surface area (Å²) < 4.78 is 87.4. The molecule has 0 spiro atoms. The largest absolute Gasteiger partial charge is 0.497 e. The van der Waals surface area contributed by atoms with Gasteiger partial charge in [-0.3, -0.25) is 4.72 Å². The number of methoxy groups -OCH3 is 1. The number of rotatable bonds is 6. The summed E-state index contributed by atoms with van der Waals surface area (Å²) >= 11 is 0. The summed E-state index contributed by atoms with van der Waals surface area (Å²) in [4.78, 5) is 3.53. The first kappa shape index (κ1) is 25.7. The Balaban J connectivity index is 1.52. The van der Waals surface area contributed by atoms with E-state index in [2.05, 4.69) is 9.71 Å². The quantitative estimate of drug-likeness (QED) is 0.215. The number of fused-ring (bicyclic) bond motifs is 1. The number of aryl methyl sites for hydroxylation is 1. The minimum atomic E-state index is -4.50. The van der Waals surface area contributed by atoms with E-state index in [1.165, 1.54) is 31.4 Å². The lowest BCUT2D eigenvalue weighted by Crippen LogP contribution is -2.14. The van der Waals surface area contributed by atoms with Crippen molar-refractivity contribution in [2.75, 3.05) is 11.8 Å². The Labute approximate surface area is 217 Å². The van der Waals surface area contributed by atoms with Crippen molar-refractivity contribution >= 4 is 15.8 Å². The third-order valence-corrected chi connectivity index (χ3v) is 7.97. The summed E-state index contributed by atoms with van der Waals surface area (Å²) in [5, 5.41) is 0. The Hall–Kier alpha value is -3.92. The Morgan fingerprint density at radius 2 is 1.68 bits per heavy atom. The van der Waals surface area contributed by atoms with Gasteiger partial charge < -0.3 is 4.74 Å². The molecule has 3 aromatic carbocycles. The molecular weight excluding hydrogens is 520 g/mol. The molecule has 5 nitrogen and oxygen atoms in total. The average Bonchev–Trinajstić information content (AvgIpc) is 3.31. The first-order valence-corrected chi connectivity index (χ1v) is 13.2. The maximum atomic E-state index is 13.6. The molecule has 0 saturated heterocycles. The second kappa shape index (κ2) is 9.75. The highest BCUT2D eigenvalue weighted by atomic mass is 32.2. The van der Waals surface area contributed by atoms with Gasteiger partial charge in [0.05, 0.1) is 17.6 Å². The van der Waals surface area contributed by atoms with Crippen LogP contribution in [0.5, 0.6) is 5.75 Å². The molecule has 4 aromatic rings. The van der Waals surface area contributed by atoms with Crippen LogP contribution in [0, 0.1) is 5.95 Å². The van der Waals surface area contributed by atoms with E-state index >= 15 is 0 Å². The fourth-order valence-corrected chi connectivity index (χ4v) is 5.85. The minimum Gasteiger partial charge on any atom is -0.497 e. The van der Waals surface area contributed by atoms with Gasteiger partial charge in [-0.25, -0.2) is 13.4 Å². The summed E-state index contributed by atoms with van der Waals surface area (Å²) in [5.74, 6) is -0.591. The van der Waals surface area contributed by atoms with Gasteiger partial charge in [0.15, 0.2) is 0 Å². The zero-order valence-corrected chi connectivity index (χ0v) is 20.9. The number of pyridine rings is 1. The maximum Gasteiger partial charge on any atom is 0.416 e. The third kappa shape index (κ3) is 5.08. The number of hydrogen-bond acceptors (Lipinski definition) is 4. The number of halogens is 4. The smallest absolute Gasteiger partial charge is 0.416 e. The summed E-state index contributed by atoms with van der Waals surface area (Å²) in [7, 11) is -2.52. The summed E-state index contributed by atoms with van der Waals surface area (Å²) in [6, 6.07) is 19.0. The highest BCUT2D eigenvalue weighted by Crippen LogP contribution is 2.44. The predicted octanol–water partition coefficient (Wildman–Crippen LogP) is 6.79. The van der Waals surface area contributed by atoms with Gasteiger partial charge >= 0.3 is 6.18 Å². The summed E-state index contributed by atoms with van der Waals surface area (Å²) in [6.45, 7) is 0. The standard InChI is InChI=1S/C28H22F4N2O3S/c1-37-20-9-5-17(6-10-20)25-16-19(28(30,31)32)8-13-24(25)23-12-7-18-15-21(11-14-22(18)23)38(35,36)34-27-4-2-3-26(29)33-27/h2-6,8-11,13-16,23H,7,12H2,1H3,(H,33,34)/t23-/m0/s1. The summed E-state index contributed by atoms with van der Waals surface area (Å²) in [5.41, 5.74) is 2.68. The van der Waals surface area contributed by atoms with Gasteiger partial charge in [0, 0.05) is 5.92 Å². The average molecular weight is 543 g/mol. The Morgan fingerprint density at radius 3 is 2.37 bits per heavy atom. The molecule has 0 fully saturated rings. The van der Waals surface area contributed by atoms with Gasteiger partial charge in [-0.2, -0.15) is 17.6 Å². The Morgan fingerprint density at radius 1 is 0.947 bits per heavy atom. The molecule has 10 heteroatoms. The van der Waals surface area contributed by atoms with E-state index in [4.69, 9.17) is 4.74 Å². The number of ether oxygens (including phenoxy) is 1. The molecule has 1 aliphatic rings. The summed E-state index contributed by atoms with van der Waals surface area (Å²) in [6.07, 6.45) is -3.35. The van der Waals surface area contributed by atoms with Gasteiger partial charge in [0.2, 0.25) is 5.95 Å². The highest BCUT2D eigenvalue weighted by Gasteiger charge is 2.33. The van der Waals surface area contributed by atoms with E-state index in [9.17, 15) is 26.0 Å². The number of alkyl halides is 3. The number of anilines is 1. The topological polar surface area (TPSA) is 68.3 Å². The second-order valence-corrected chi connectivity index (χ2v) is 10.6. The van der Waals surface area contributed by atoms with Crippen molar-refractivity contribution in [1.82, 2.24) is 4.98 Å². The normalized spacial score (nSPS) is 15.2. The number of sulfonamides is 1. The lowest BCUT2D eigenvalue weighted by Gasteiger charge is -2.20. The van der Waals surface area contributed by atoms with Crippen LogP contribution in [0.3, 0.4) is 0 Å². The van der Waals surface area contributed by atoms with Crippen molar-refractivity contribution in [2.45, 2.75) is 29.8 Å². The molecule has 1 aliphatic carbocycles. The molecule has 1 atom stereocenters. The van der Waals surface area contributed by atoms with Crippen LogP contribution in [-0.4, -0.2) is 20.5 Å². The molecule has 196 valence electrons. The van der Waals surface area contributed by atoms with E-state index in [0.29, 0.717) is 29.7 Å². The molecule has 0 saturated carbocycles. The lowest BCUT2D eigenvalue weighted by molar-refractivity contribution is -0.137. The molecular formula is C28H22F4N2O3S. The number of nitrogens with zero attached hydrogens (tertiary/aromatic N) is 1. The van der Waals surface area contributed by atoms with Crippen molar-refractivity contribution in [3.8, 4) is 16.9 Å². The predicted molar refractivity (Wildman–Crippen MR) is 135 cm³/mol. The molecule has 0 aliphatic heterocycles. The highest BCUT2D eigenvalue weighted by molar-refractivity contribution is 7.92. The van der Waals surface area contributed by atoms with Gasteiger partial charge in [0.25, 0.3) is 10.0 Å². The zero-order valence-electron chi connectivity index (χ0n) is 20.1. The van der Waals surface area contributed by atoms with Crippen molar-refractivity contribution < 1.29 is 30.7 Å². The second-order valence-electron chi connectivity index (χ2n) is 8.93. The van der Waals surface area contributed by atoms with Gasteiger partial charge in [-0.15, -0.1) is 0 Å². The van der Waals surface area contributed by atoms with Crippen LogP contribution >= 0.6 is 0 Å². The SMILES string of the molecule is COc1ccc(-c2cc(C(F)(F)F)ccc2[C@H]2CCc3cc(S(=O)(=O)Nc4cccc(F)n4)ccc32)cc1. The molecule has 38 heavy (non-hydrogen) atoms. The van der Waals surface area contributed by atoms with Gasteiger partial charge in [-0.1, -0.05) is 30.3 Å². The first-order chi connectivity index (χ1) is 18.0. The van der Waals surface area contributed by atoms with Crippen LogP contribution in [0.25, 0.3) is 11.1 Å². The Bertz CT molecular complexity index is 1600. The van der Waals surface area contributed by atoms with Crippen LogP contribution in [0.2, 0.25) is 0 Å². The fourth-order valence-electron chi connectivity index (χ4n) is 4.80. The maximum absolute atomic E-state index is 13.6. The Kier molecular flexibility index (Phi) is 6.60. The van der Waals surface area contributed by atoms with Crippen molar-refractivity contribution in [1.29, 1.82) is 0 Å². The molecule has 0 bridgehead atoms. The lowest BCUT2D eigenvalue weighted by atomic mass is 9.86. The van der Waals surface area contributed by atoms with Crippen LogP contribution in [0.4, 0.5) is 23.4 Å². The zero-order chi connectivity index (χ0) is 27.1. The van der Waals surface area contributed by atoms with E-state index < -0.39 is 27.7 Å². The van der Waals surface area contributed by atoms with Crippen LogP contribution in [-0.2, 0) is 22.6 Å². The number of benzene rings is 3. The molecule has 0 radical (unpaired) electrons. The van der Waals surface area contributed by atoms with E-state index in [1.54, 1.807) is 36.4 Å². The molecule has 5 rings (SSSR count). The molecule has 0 unspecified atom stereocenters. The first-order valence-electron chi connectivity index (χ1n) is 11.7. The van der Waals surface area contributed by atoms with Crippen molar-refractivity contribution in [2.24, 2.45) is 0 Å². The van der Waals surface area contributed by atoms with E-state index in [0.717, 1.165) is 34.9 Å². The molecule has 1 aromatic heterocycles. The monoisotopic (exact) mass is 542 g/mol. The molecule has 1 N–H and O–H groups in total. The van der Waals surface area contributed by atoms with Crippen LogP contribution in [0.1, 0.15) is 34.6 Å². The van der Waals surface area contributed by atoms with E-state index in [1.807, 2.05) is 0 Å². The number of nitrogens with one attached hydrogen (secondary N) is 1. The minimum absolute atomic E-state index is 0.00856. The fraction of sp³-hybridized carbons (Fsp3) is 0.179. The van der Waals surface area contributed by atoms with Crippen LogP contribution in [0.15, 0.2) is 83.8 Å². The molecule has 1 heterocycles. The number of aromatic nitrogens is 1. The third-order valence-electron chi connectivity index (χ3n) is 6.61. The van der Waals surface area contributed by atoms with Crippen molar-refractivity contribution in [3.63, 3.8) is 0 Å².